The largest absolute Gasteiger partial charge is 0.450 e. The molecule has 0 radical (unpaired) electrons. The molecule has 0 aliphatic heterocycles. The molecule has 0 atom stereocenters. The third-order valence-corrected chi connectivity index (χ3v) is 2.60. The molecule has 2 rings (SSSR count). The van der Waals surface area contributed by atoms with E-state index in [9.17, 15) is 44.7 Å². The zero-order valence-electron chi connectivity index (χ0n) is 9.75. The third kappa shape index (κ3) is 2.12. The molecule has 1 aromatic heterocycles. The number of fused-ring (bicyclic) bond motifs is 1. The van der Waals surface area contributed by atoms with Gasteiger partial charge in [0, 0.05) is 5.39 Å². The van der Waals surface area contributed by atoms with E-state index in [0.717, 1.165) is 0 Å². The van der Waals surface area contributed by atoms with Gasteiger partial charge in [-0.25, -0.2) is 22.4 Å². The van der Waals surface area contributed by atoms with E-state index in [4.69, 9.17) is 0 Å². The van der Waals surface area contributed by atoms with Gasteiger partial charge >= 0.3 is 17.8 Å². The van der Waals surface area contributed by atoms with Crippen molar-refractivity contribution in [2.24, 2.45) is 0 Å². The molecular formula is C11F8O3. The molecule has 0 unspecified atom stereocenters. The predicted octanol–water partition coefficient (Wildman–Crippen LogP) is 3.48. The minimum Gasteiger partial charge on any atom is -0.417 e. The van der Waals surface area contributed by atoms with Crippen LogP contribution >= 0.6 is 0 Å². The molecule has 11 heteroatoms. The Morgan fingerprint density at radius 3 is 1.73 bits per heavy atom. The monoisotopic (exact) mass is 332 g/mol. The van der Waals surface area contributed by atoms with Crippen LogP contribution in [-0.2, 0) is 6.18 Å². The molecule has 0 saturated heterocycles. The van der Waals surface area contributed by atoms with E-state index < -0.39 is 63.2 Å². The lowest BCUT2D eigenvalue weighted by Crippen LogP contribution is -2.19. The van der Waals surface area contributed by atoms with Crippen LogP contribution in [0.15, 0.2) is 9.21 Å². The van der Waals surface area contributed by atoms with Crippen LogP contribution < -0.4 is 5.63 Å². The molecular weight excluding hydrogens is 332 g/mol. The van der Waals surface area contributed by atoms with E-state index in [1.807, 2.05) is 0 Å². The summed E-state index contributed by atoms with van der Waals surface area (Å²) in [7, 11) is 0. The van der Waals surface area contributed by atoms with E-state index in [2.05, 4.69) is 4.42 Å². The molecule has 0 bridgehead atoms. The molecule has 0 aliphatic rings. The standard InChI is InChI=1S/C11F8O3/c12-4-1-2(5(13)7(15)6(4)14)10(21)22-8(11(17,18)19)3(1)9(16)20. The Balaban J connectivity index is 3.25. The van der Waals surface area contributed by atoms with Gasteiger partial charge in [-0.2, -0.15) is 17.6 Å². The fourth-order valence-corrected chi connectivity index (χ4v) is 1.75. The maximum atomic E-state index is 13.6. The molecule has 0 saturated carbocycles. The first kappa shape index (κ1) is 15.9. The number of alkyl halides is 3. The first-order chi connectivity index (χ1) is 9.98. The first-order valence-electron chi connectivity index (χ1n) is 5.08. The summed E-state index contributed by atoms with van der Waals surface area (Å²) in [4.78, 5) is 21.9. The van der Waals surface area contributed by atoms with E-state index in [1.165, 1.54) is 0 Å². The number of benzene rings is 1. The van der Waals surface area contributed by atoms with E-state index in [1.54, 1.807) is 0 Å². The average molecular weight is 332 g/mol. The minimum atomic E-state index is -5.65. The van der Waals surface area contributed by atoms with Gasteiger partial charge in [0.25, 0.3) is 0 Å². The van der Waals surface area contributed by atoms with Crippen molar-refractivity contribution in [2.45, 2.75) is 6.18 Å². The first-order valence-corrected chi connectivity index (χ1v) is 5.08. The van der Waals surface area contributed by atoms with Crippen molar-refractivity contribution in [3.8, 4) is 0 Å². The van der Waals surface area contributed by atoms with Crippen LogP contribution in [0.4, 0.5) is 35.1 Å². The van der Waals surface area contributed by atoms with Crippen LogP contribution in [0.1, 0.15) is 16.1 Å². The maximum absolute atomic E-state index is 13.6. The summed E-state index contributed by atoms with van der Waals surface area (Å²) >= 11 is 0. The van der Waals surface area contributed by atoms with Crippen molar-refractivity contribution in [3.63, 3.8) is 0 Å². The molecule has 0 fully saturated rings. The summed E-state index contributed by atoms with van der Waals surface area (Å²) in [5.74, 6) is -12.7. The molecule has 0 N–H and O–H groups in total. The Morgan fingerprint density at radius 2 is 1.32 bits per heavy atom. The fourth-order valence-electron chi connectivity index (χ4n) is 1.75. The van der Waals surface area contributed by atoms with Gasteiger partial charge in [-0.1, -0.05) is 0 Å². The molecule has 2 aromatic rings. The zero-order valence-corrected chi connectivity index (χ0v) is 9.75. The second kappa shape index (κ2) is 4.78. The lowest BCUT2D eigenvalue weighted by molar-refractivity contribution is -0.154. The van der Waals surface area contributed by atoms with Gasteiger partial charge in [0.05, 0.1) is 0 Å². The summed E-state index contributed by atoms with van der Waals surface area (Å²) in [6.07, 6.45) is -5.65. The van der Waals surface area contributed by atoms with Crippen LogP contribution in [0.25, 0.3) is 10.8 Å². The number of carbonyl (C=O) groups is 1. The molecule has 1 aromatic carbocycles. The number of carbonyl (C=O) groups excluding carboxylic acids is 1. The molecule has 0 spiro atoms. The lowest BCUT2D eigenvalue weighted by atomic mass is 10.0. The number of hydrogen-bond donors (Lipinski definition) is 0. The quantitative estimate of drug-likeness (QED) is 0.348. The minimum absolute atomic E-state index is 1.86. The van der Waals surface area contributed by atoms with Gasteiger partial charge in [0.2, 0.25) is 5.76 Å². The Bertz CT molecular complexity index is 865. The third-order valence-electron chi connectivity index (χ3n) is 2.60. The summed E-state index contributed by atoms with van der Waals surface area (Å²) in [6, 6.07) is -2.98. The van der Waals surface area contributed by atoms with Gasteiger partial charge in [-0.3, -0.25) is 4.79 Å². The van der Waals surface area contributed by atoms with Gasteiger partial charge in [-0.15, -0.1) is 0 Å². The summed E-state index contributed by atoms with van der Waals surface area (Å²) in [5.41, 5.74) is -4.53. The smallest absolute Gasteiger partial charge is 0.417 e. The van der Waals surface area contributed by atoms with Crippen molar-refractivity contribution in [2.75, 3.05) is 0 Å². The molecule has 22 heavy (non-hydrogen) atoms. The van der Waals surface area contributed by atoms with Crippen LogP contribution in [0, 0.1) is 23.3 Å². The van der Waals surface area contributed by atoms with Crippen molar-refractivity contribution in [3.05, 3.63) is 45.0 Å². The van der Waals surface area contributed by atoms with Crippen molar-refractivity contribution in [1.82, 2.24) is 0 Å². The normalized spacial score (nSPS) is 12.0. The summed E-state index contributed by atoms with van der Waals surface area (Å²) < 4.78 is 107. The highest BCUT2D eigenvalue weighted by atomic mass is 19.4. The van der Waals surface area contributed by atoms with Gasteiger partial charge in [-0.05, 0) is 0 Å². The molecule has 118 valence electrons. The molecule has 0 aliphatic carbocycles. The van der Waals surface area contributed by atoms with Gasteiger partial charge in [0.1, 0.15) is 10.9 Å². The molecule has 0 amide bonds. The fraction of sp³-hybridized carbons (Fsp3) is 0.0909. The van der Waals surface area contributed by atoms with Crippen LogP contribution in [0.3, 0.4) is 0 Å². The van der Waals surface area contributed by atoms with Crippen LogP contribution in [0.2, 0.25) is 0 Å². The second-order valence-electron chi connectivity index (χ2n) is 3.87. The average Bonchev–Trinajstić information content (AvgIpc) is 2.40. The van der Waals surface area contributed by atoms with Crippen LogP contribution in [-0.4, -0.2) is 6.04 Å². The van der Waals surface area contributed by atoms with E-state index >= 15 is 0 Å². The predicted molar refractivity (Wildman–Crippen MR) is 52.8 cm³/mol. The Morgan fingerprint density at radius 1 is 0.864 bits per heavy atom. The van der Waals surface area contributed by atoms with Crippen molar-refractivity contribution in [1.29, 1.82) is 0 Å². The van der Waals surface area contributed by atoms with E-state index in [0.29, 0.717) is 0 Å². The summed E-state index contributed by atoms with van der Waals surface area (Å²) in [6.45, 7) is 0. The summed E-state index contributed by atoms with van der Waals surface area (Å²) in [5, 5.41) is -3.85. The van der Waals surface area contributed by atoms with Crippen molar-refractivity contribution >= 4 is 16.8 Å². The Hall–Kier alpha value is -2.46. The topological polar surface area (TPSA) is 47.3 Å². The van der Waals surface area contributed by atoms with E-state index in [-0.39, 0.29) is 0 Å². The van der Waals surface area contributed by atoms with Crippen molar-refractivity contribution < 1.29 is 44.3 Å². The highest BCUT2D eigenvalue weighted by Gasteiger charge is 2.42. The Labute approximate surface area is 113 Å². The number of rotatable bonds is 1. The second-order valence-corrected chi connectivity index (χ2v) is 3.87. The highest BCUT2D eigenvalue weighted by Crippen LogP contribution is 2.37. The highest BCUT2D eigenvalue weighted by molar-refractivity contribution is 6.04. The molecule has 3 nitrogen and oxygen atoms in total. The number of hydrogen-bond acceptors (Lipinski definition) is 3. The zero-order chi connectivity index (χ0) is 17.0. The maximum Gasteiger partial charge on any atom is 0.450 e. The van der Waals surface area contributed by atoms with Gasteiger partial charge in [0.15, 0.2) is 23.3 Å². The Kier molecular flexibility index (Phi) is 3.46. The lowest BCUT2D eigenvalue weighted by Gasteiger charge is -2.11. The number of halogens is 8. The molecule has 1 heterocycles. The SMILES string of the molecule is O=C(F)c1c(C(F)(F)F)oc(=O)c2c(F)c(F)c(F)c(F)c12. The van der Waals surface area contributed by atoms with Crippen LogP contribution in [0.5, 0.6) is 0 Å². The van der Waals surface area contributed by atoms with Gasteiger partial charge < -0.3 is 4.42 Å².